The number of H-pyrrole nitrogens is 1. The monoisotopic (exact) mass is 408 g/mol. The number of nitrogens with one attached hydrogen (secondary N) is 2. The van der Waals surface area contributed by atoms with Crippen molar-refractivity contribution in [1.82, 2.24) is 24.9 Å². The van der Waals surface area contributed by atoms with Crippen LogP contribution in [0.5, 0.6) is 11.8 Å². The lowest BCUT2D eigenvalue weighted by molar-refractivity contribution is 0.103. The molecule has 30 heavy (non-hydrogen) atoms. The number of anilines is 2. The number of aromatic nitrogens is 5. The van der Waals surface area contributed by atoms with Gasteiger partial charge in [-0.15, -0.1) is 0 Å². The average molecular weight is 408 g/mol. The van der Waals surface area contributed by atoms with Gasteiger partial charge in [0.15, 0.2) is 5.78 Å². The first-order valence-electron chi connectivity index (χ1n) is 9.04. The molecule has 0 amide bonds. The Morgan fingerprint density at radius 3 is 2.73 bits per heavy atom. The molecule has 0 radical (unpaired) electrons. The summed E-state index contributed by atoms with van der Waals surface area (Å²) in [5, 5.41) is 3.32. The summed E-state index contributed by atoms with van der Waals surface area (Å²) in [6.45, 7) is 2.37. The van der Waals surface area contributed by atoms with Gasteiger partial charge in [-0.1, -0.05) is 0 Å². The van der Waals surface area contributed by atoms with Gasteiger partial charge in [0.25, 0.3) is 0 Å². The fraction of sp³-hybridized carbons (Fsp3) is 0.150. The van der Waals surface area contributed by atoms with E-state index in [0.29, 0.717) is 29.2 Å². The largest absolute Gasteiger partial charge is 0.480 e. The maximum absolute atomic E-state index is 14.7. The molecule has 0 atom stereocenters. The lowest BCUT2D eigenvalue weighted by atomic mass is 10.1. The van der Waals surface area contributed by atoms with E-state index in [1.165, 1.54) is 31.8 Å². The standard InChI is InChI=1S/C20H17FN6O3/c1-3-30-15-7-4-11(8-22-15)26-14-6-5-12(18(21)27-14)17(28)13-9-23-19-16(13)20(29-2)25-10-24-19/h4-10H,3H2,1-2H3,(H,26,27)(H,23,24,25). The van der Waals surface area contributed by atoms with E-state index < -0.39 is 11.7 Å². The molecule has 2 N–H and O–H groups in total. The van der Waals surface area contributed by atoms with Crippen molar-refractivity contribution in [2.24, 2.45) is 0 Å². The third-order valence-electron chi connectivity index (χ3n) is 4.27. The van der Waals surface area contributed by atoms with Gasteiger partial charge in [-0.2, -0.15) is 4.39 Å². The van der Waals surface area contributed by atoms with Gasteiger partial charge in [-0.05, 0) is 25.1 Å². The van der Waals surface area contributed by atoms with Crippen molar-refractivity contribution >= 4 is 28.3 Å². The molecule has 0 spiro atoms. The minimum absolute atomic E-state index is 0.183. The van der Waals surface area contributed by atoms with Crippen molar-refractivity contribution in [2.75, 3.05) is 19.0 Å². The van der Waals surface area contributed by atoms with E-state index in [1.54, 1.807) is 18.3 Å². The third kappa shape index (κ3) is 3.62. The molecule has 4 rings (SSSR count). The molecule has 152 valence electrons. The lowest BCUT2D eigenvalue weighted by Crippen LogP contribution is -2.07. The Labute approximate surface area is 170 Å². The highest BCUT2D eigenvalue weighted by molar-refractivity contribution is 6.16. The van der Waals surface area contributed by atoms with Gasteiger partial charge < -0.3 is 19.8 Å². The predicted octanol–water partition coefficient (Wildman–Crippen LogP) is 3.27. The second-order valence-electron chi connectivity index (χ2n) is 6.12. The maximum atomic E-state index is 14.7. The summed E-state index contributed by atoms with van der Waals surface area (Å²) in [6.07, 6.45) is 4.30. The summed E-state index contributed by atoms with van der Waals surface area (Å²) in [6, 6.07) is 6.29. The number of ether oxygens (including phenoxy) is 2. The van der Waals surface area contributed by atoms with Gasteiger partial charge in [-0.25, -0.2) is 19.9 Å². The molecule has 0 aromatic carbocycles. The van der Waals surface area contributed by atoms with Crippen molar-refractivity contribution in [3.63, 3.8) is 0 Å². The van der Waals surface area contributed by atoms with E-state index in [0.717, 1.165) is 0 Å². The van der Waals surface area contributed by atoms with Crippen LogP contribution in [0.3, 0.4) is 0 Å². The molecule has 0 aliphatic carbocycles. The second kappa shape index (κ2) is 8.11. The molecule has 0 saturated heterocycles. The van der Waals surface area contributed by atoms with Crippen LogP contribution >= 0.6 is 0 Å². The first kappa shape index (κ1) is 19.2. The van der Waals surface area contributed by atoms with Crippen molar-refractivity contribution < 1.29 is 18.7 Å². The van der Waals surface area contributed by atoms with E-state index in [-0.39, 0.29) is 22.8 Å². The zero-order chi connectivity index (χ0) is 21.1. The first-order chi connectivity index (χ1) is 14.6. The number of aromatic amines is 1. The quantitative estimate of drug-likeness (QED) is 0.354. The summed E-state index contributed by atoms with van der Waals surface area (Å²) >= 11 is 0. The average Bonchev–Trinajstić information content (AvgIpc) is 3.19. The molecule has 10 heteroatoms. The van der Waals surface area contributed by atoms with Gasteiger partial charge >= 0.3 is 0 Å². The van der Waals surface area contributed by atoms with E-state index in [4.69, 9.17) is 9.47 Å². The molecular weight excluding hydrogens is 391 g/mol. The number of rotatable bonds is 7. The zero-order valence-corrected chi connectivity index (χ0v) is 16.1. The van der Waals surface area contributed by atoms with Crippen LogP contribution in [0.2, 0.25) is 0 Å². The summed E-state index contributed by atoms with van der Waals surface area (Å²) < 4.78 is 25.1. The Kier molecular flexibility index (Phi) is 5.21. The molecule has 0 saturated carbocycles. The van der Waals surface area contributed by atoms with E-state index in [2.05, 4.69) is 30.2 Å². The van der Waals surface area contributed by atoms with Gasteiger partial charge in [0.05, 0.1) is 42.1 Å². The zero-order valence-electron chi connectivity index (χ0n) is 16.1. The van der Waals surface area contributed by atoms with Gasteiger partial charge in [0, 0.05) is 12.3 Å². The Hall–Kier alpha value is -4.08. The Balaban J connectivity index is 1.60. The van der Waals surface area contributed by atoms with Crippen LogP contribution < -0.4 is 14.8 Å². The Morgan fingerprint density at radius 1 is 1.17 bits per heavy atom. The fourth-order valence-corrected chi connectivity index (χ4v) is 2.92. The van der Waals surface area contributed by atoms with Gasteiger partial charge in [0.1, 0.15) is 17.8 Å². The Bertz CT molecular complexity index is 1210. The molecule has 4 aromatic rings. The smallest absolute Gasteiger partial charge is 0.226 e. The van der Waals surface area contributed by atoms with Gasteiger partial charge in [0.2, 0.25) is 17.7 Å². The minimum atomic E-state index is -0.908. The molecule has 0 unspecified atom stereocenters. The van der Waals surface area contributed by atoms with Crippen molar-refractivity contribution in [3.05, 3.63) is 60.1 Å². The number of ketones is 1. The number of pyridine rings is 2. The normalized spacial score (nSPS) is 10.8. The number of nitrogens with zero attached hydrogens (tertiary/aromatic N) is 4. The van der Waals surface area contributed by atoms with Crippen LogP contribution in [-0.4, -0.2) is 44.4 Å². The highest BCUT2D eigenvalue weighted by Crippen LogP contribution is 2.27. The fourth-order valence-electron chi connectivity index (χ4n) is 2.92. The maximum Gasteiger partial charge on any atom is 0.226 e. The SMILES string of the molecule is CCOc1ccc(Nc2ccc(C(=O)c3c[nH]c4ncnc(OC)c34)c(F)n2)cn1. The second-order valence-corrected chi connectivity index (χ2v) is 6.12. The lowest BCUT2D eigenvalue weighted by Gasteiger charge is -2.08. The van der Waals surface area contributed by atoms with E-state index in [9.17, 15) is 9.18 Å². The summed E-state index contributed by atoms with van der Waals surface area (Å²) in [5.74, 6) is -0.530. The van der Waals surface area contributed by atoms with Crippen LogP contribution in [0.15, 0.2) is 43.0 Å². The molecule has 0 aliphatic heterocycles. The van der Waals surface area contributed by atoms with Crippen molar-refractivity contribution in [2.45, 2.75) is 6.92 Å². The third-order valence-corrected chi connectivity index (χ3v) is 4.27. The number of hydrogen-bond acceptors (Lipinski definition) is 8. The summed E-state index contributed by atoms with van der Waals surface area (Å²) in [5.41, 5.74) is 1.03. The van der Waals surface area contributed by atoms with Crippen LogP contribution in [-0.2, 0) is 0 Å². The number of halogens is 1. The molecule has 9 nitrogen and oxygen atoms in total. The summed E-state index contributed by atoms with van der Waals surface area (Å²) in [7, 11) is 1.43. The molecule has 0 fully saturated rings. The summed E-state index contributed by atoms with van der Waals surface area (Å²) in [4.78, 5) is 31.8. The first-order valence-corrected chi connectivity index (χ1v) is 9.04. The van der Waals surface area contributed by atoms with Crippen molar-refractivity contribution in [1.29, 1.82) is 0 Å². The number of carbonyl (C=O) groups is 1. The van der Waals surface area contributed by atoms with Crippen molar-refractivity contribution in [3.8, 4) is 11.8 Å². The Morgan fingerprint density at radius 2 is 2.03 bits per heavy atom. The van der Waals surface area contributed by atoms with Gasteiger partial charge in [-0.3, -0.25) is 4.79 Å². The molecule has 0 bridgehead atoms. The van der Waals surface area contributed by atoms with E-state index in [1.807, 2.05) is 6.92 Å². The number of methoxy groups -OCH3 is 1. The van der Waals surface area contributed by atoms with Crippen LogP contribution in [0.25, 0.3) is 11.0 Å². The van der Waals surface area contributed by atoms with Crippen LogP contribution in [0, 0.1) is 5.95 Å². The molecule has 4 heterocycles. The highest BCUT2D eigenvalue weighted by atomic mass is 19.1. The van der Waals surface area contributed by atoms with Crippen LogP contribution in [0.4, 0.5) is 15.9 Å². The topological polar surface area (TPSA) is 115 Å². The number of carbonyl (C=O) groups excluding carboxylic acids is 1. The minimum Gasteiger partial charge on any atom is -0.480 e. The molecule has 4 aromatic heterocycles. The molecule has 0 aliphatic rings. The number of fused-ring (bicyclic) bond motifs is 1. The predicted molar refractivity (Wildman–Crippen MR) is 107 cm³/mol. The number of hydrogen-bond donors (Lipinski definition) is 2. The van der Waals surface area contributed by atoms with Crippen LogP contribution in [0.1, 0.15) is 22.8 Å². The molecular formula is C20H17FN6O3. The highest BCUT2D eigenvalue weighted by Gasteiger charge is 2.22. The van der Waals surface area contributed by atoms with E-state index >= 15 is 0 Å².